The third-order valence-electron chi connectivity index (χ3n) is 2.45. The van der Waals surface area contributed by atoms with Gasteiger partial charge < -0.3 is 21.1 Å². The highest BCUT2D eigenvalue weighted by atomic mass is 16.4. The molecular weight excluding hydrogens is 250 g/mol. The molecule has 0 unspecified atom stereocenters. The summed E-state index contributed by atoms with van der Waals surface area (Å²) in [5.74, 6) is -1.79. The number of primary amides is 1. The van der Waals surface area contributed by atoms with Gasteiger partial charge in [0.15, 0.2) is 0 Å². The van der Waals surface area contributed by atoms with Gasteiger partial charge in [-0.15, -0.1) is 0 Å². The number of rotatable bonds is 7. The molecule has 0 heterocycles. The minimum atomic E-state index is -1.29. The fraction of sp³-hybridized carbons (Fsp3) is 0.750. The van der Waals surface area contributed by atoms with E-state index >= 15 is 0 Å². The van der Waals surface area contributed by atoms with Gasteiger partial charge in [0.05, 0.1) is 6.42 Å². The van der Waals surface area contributed by atoms with Crippen LogP contribution in [-0.4, -0.2) is 46.5 Å². The predicted molar refractivity (Wildman–Crippen MR) is 70.4 cm³/mol. The smallest absolute Gasteiger partial charge is 0.326 e. The summed E-state index contributed by atoms with van der Waals surface area (Å²) in [6.45, 7) is 8.10. The normalized spacial score (nSPS) is 12.3. The summed E-state index contributed by atoms with van der Waals surface area (Å²) in [5.41, 5.74) is 4.96. The first-order valence-corrected chi connectivity index (χ1v) is 6.23. The summed E-state index contributed by atoms with van der Waals surface area (Å²) in [6, 6.07) is -1.86. The lowest BCUT2D eigenvalue weighted by Crippen LogP contribution is -2.52. The first-order valence-electron chi connectivity index (χ1n) is 6.23. The molecule has 0 aliphatic rings. The summed E-state index contributed by atoms with van der Waals surface area (Å²) in [4.78, 5) is 35.3. The molecule has 0 saturated heterocycles. The van der Waals surface area contributed by atoms with Crippen molar-refractivity contribution < 1.29 is 19.5 Å². The number of nitrogens with one attached hydrogen (secondary N) is 1. The molecule has 0 radical (unpaired) electrons. The summed E-state index contributed by atoms with van der Waals surface area (Å²) in [5, 5.41) is 11.3. The molecule has 7 heteroatoms. The number of carboxylic acid groups (broad SMARTS) is 1. The molecule has 0 aliphatic heterocycles. The third kappa shape index (κ3) is 6.64. The van der Waals surface area contributed by atoms with Crippen LogP contribution in [0.1, 0.15) is 34.1 Å². The van der Waals surface area contributed by atoms with E-state index in [9.17, 15) is 14.4 Å². The van der Waals surface area contributed by atoms with E-state index in [0.29, 0.717) is 6.54 Å². The van der Waals surface area contributed by atoms with Gasteiger partial charge in [0.25, 0.3) is 0 Å². The van der Waals surface area contributed by atoms with Gasteiger partial charge in [-0.1, -0.05) is 13.8 Å². The average molecular weight is 273 g/mol. The second-order valence-corrected chi connectivity index (χ2v) is 5.15. The number of amides is 3. The van der Waals surface area contributed by atoms with E-state index in [4.69, 9.17) is 10.8 Å². The van der Waals surface area contributed by atoms with E-state index in [0.717, 1.165) is 0 Å². The summed E-state index contributed by atoms with van der Waals surface area (Å²) < 4.78 is 0. The van der Waals surface area contributed by atoms with Crippen molar-refractivity contribution >= 4 is 17.9 Å². The number of hydrogen-bond donors (Lipinski definition) is 3. The van der Waals surface area contributed by atoms with Crippen LogP contribution in [0.5, 0.6) is 0 Å². The van der Waals surface area contributed by atoms with Crippen LogP contribution in [0.15, 0.2) is 0 Å². The molecule has 7 nitrogen and oxygen atoms in total. The lowest BCUT2D eigenvalue weighted by molar-refractivity contribution is -0.141. The summed E-state index contributed by atoms with van der Waals surface area (Å²) in [7, 11) is 0. The maximum absolute atomic E-state index is 12.0. The van der Waals surface area contributed by atoms with Crippen LogP contribution >= 0.6 is 0 Å². The third-order valence-corrected chi connectivity index (χ3v) is 2.45. The van der Waals surface area contributed by atoms with Crippen LogP contribution < -0.4 is 11.1 Å². The Labute approximate surface area is 113 Å². The van der Waals surface area contributed by atoms with Gasteiger partial charge in [0.2, 0.25) is 5.91 Å². The topological polar surface area (TPSA) is 113 Å². The fourth-order valence-electron chi connectivity index (χ4n) is 1.55. The van der Waals surface area contributed by atoms with Gasteiger partial charge in [0, 0.05) is 12.6 Å². The number of hydrogen-bond acceptors (Lipinski definition) is 3. The largest absolute Gasteiger partial charge is 0.480 e. The SMILES string of the molecule is CC(C)CN(C(=O)N[C@@H](CC(N)=O)C(=O)O)C(C)C. The molecule has 0 spiro atoms. The fourth-order valence-corrected chi connectivity index (χ4v) is 1.55. The van der Waals surface area contributed by atoms with Crippen LogP contribution in [0.3, 0.4) is 0 Å². The van der Waals surface area contributed by atoms with E-state index in [2.05, 4.69) is 5.32 Å². The molecule has 0 aliphatic carbocycles. The van der Waals surface area contributed by atoms with E-state index < -0.39 is 30.4 Å². The van der Waals surface area contributed by atoms with Crippen LogP contribution in [-0.2, 0) is 9.59 Å². The molecule has 0 aromatic rings. The van der Waals surface area contributed by atoms with E-state index in [-0.39, 0.29) is 12.0 Å². The first-order chi connectivity index (χ1) is 8.65. The lowest BCUT2D eigenvalue weighted by atomic mass is 10.1. The van der Waals surface area contributed by atoms with E-state index in [1.165, 1.54) is 4.90 Å². The monoisotopic (exact) mass is 273 g/mol. The molecule has 0 fully saturated rings. The number of nitrogens with two attached hydrogens (primary N) is 1. The first kappa shape index (κ1) is 17.2. The van der Waals surface area contributed by atoms with Crippen LogP contribution in [0, 0.1) is 5.92 Å². The average Bonchev–Trinajstić information content (AvgIpc) is 2.23. The highest BCUT2D eigenvalue weighted by molar-refractivity contribution is 5.87. The molecule has 0 rings (SSSR count). The van der Waals surface area contributed by atoms with Crippen molar-refractivity contribution in [3.63, 3.8) is 0 Å². The van der Waals surface area contributed by atoms with Crippen molar-refractivity contribution in [3.8, 4) is 0 Å². The van der Waals surface area contributed by atoms with Crippen LogP contribution in [0.2, 0.25) is 0 Å². The van der Waals surface area contributed by atoms with Crippen molar-refractivity contribution in [3.05, 3.63) is 0 Å². The van der Waals surface area contributed by atoms with Crippen molar-refractivity contribution in [2.24, 2.45) is 11.7 Å². The highest BCUT2D eigenvalue weighted by Crippen LogP contribution is 2.05. The van der Waals surface area contributed by atoms with Gasteiger partial charge in [-0.05, 0) is 19.8 Å². The zero-order chi connectivity index (χ0) is 15.2. The lowest BCUT2D eigenvalue weighted by Gasteiger charge is -2.29. The summed E-state index contributed by atoms with van der Waals surface area (Å²) >= 11 is 0. The number of carbonyl (C=O) groups is 3. The quantitative estimate of drug-likeness (QED) is 0.622. The van der Waals surface area contributed by atoms with Crippen LogP contribution in [0.25, 0.3) is 0 Å². The molecule has 110 valence electrons. The Hall–Kier alpha value is -1.79. The maximum Gasteiger partial charge on any atom is 0.326 e. The number of nitrogens with zero attached hydrogens (tertiary/aromatic N) is 1. The zero-order valence-electron chi connectivity index (χ0n) is 11.8. The highest BCUT2D eigenvalue weighted by Gasteiger charge is 2.26. The number of carboxylic acids is 1. The second-order valence-electron chi connectivity index (χ2n) is 5.15. The molecule has 19 heavy (non-hydrogen) atoms. The second kappa shape index (κ2) is 7.60. The molecule has 0 aromatic heterocycles. The number of aliphatic carboxylic acids is 1. The molecule has 3 amide bonds. The Morgan fingerprint density at radius 3 is 2.05 bits per heavy atom. The van der Waals surface area contributed by atoms with Crippen molar-refractivity contribution in [2.45, 2.75) is 46.2 Å². The molecule has 0 saturated carbocycles. The van der Waals surface area contributed by atoms with Gasteiger partial charge in [0.1, 0.15) is 6.04 Å². The molecular formula is C12H23N3O4. The van der Waals surface area contributed by atoms with Gasteiger partial charge in [-0.25, -0.2) is 9.59 Å². The van der Waals surface area contributed by atoms with E-state index in [1.807, 2.05) is 27.7 Å². The van der Waals surface area contributed by atoms with Crippen LogP contribution in [0.4, 0.5) is 4.79 Å². The Kier molecular flexibility index (Phi) is 6.89. The molecule has 4 N–H and O–H groups in total. The molecule has 0 aromatic carbocycles. The Morgan fingerprint density at radius 1 is 1.21 bits per heavy atom. The minimum absolute atomic E-state index is 0.0644. The Balaban J connectivity index is 4.75. The Morgan fingerprint density at radius 2 is 1.74 bits per heavy atom. The standard InChI is InChI=1S/C12H23N3O4/c1-7(2)6-15(8(3)4)12(19)14-9(11(17)18)5-10(13)16/h7-9H,5-6H2,1-4H3,(H2,13,16)(H,14,19)(H,17,18)/t9-/m0/s1. The van der Waals surface area contributed by atoms with Gasteiger partial charge in [-0.3, -0.25) is 4.79 Å². The number of urea groups is 1. The minimum Gasteiger partial charge on any atom is -0.480 e. The number of carbonyl (C=O) groups excluding carboxylic acids is 2. The Bertz CT molecular complexity index is 342. The van der Waals surface area contributed by atoms with Gasteiger partial charge in [-0.2, -0.15) is 0 Å². The van der Waals surface area contributed by atoms with Crippen molar-refractivity contribution in [1.82, 2.24) is 10.2 Å². The maximum atomic E-state index is 12.0. The van der Waals surface area contributed by atoms with Gasteiger partial charge >= 0.3 is 12.0 Å². The zero-order valence-corrected chi connectivity index (χ0v) is 11.8. The summed E-state index contributed by atoms with van der Waals surface area (Å²) in [6.07, 6.45) is -0.422. The van der Waals surface area contributed by atoms with E-state index in [1.54, 1.807) is 0 Å². The van der Waals surface area contributed by atoms with Crippen molar-refractivity contribution in [2.75, 3.05) is 6.54 Å². The predicted octanol–water partition coefficient (Wildman–Crippen LogP) is 0.391. The molecule has 1 atom stereocenters. The molecule has 0 bridgehead atoms. The van der Waals surface area contributed by atoms with Crippen molar-refractivity contribution in [1.29, 1.82) is 0 Å².